The highest BCUT2D eigenvalue weighted by Crippen LogP contribution is 2.28. The van der Waals surface area contributed by atoms with Crippen LogP contribution in [0.3, 0.4) is 0 Å². The summed E-state index contributed by atoms with van der Waals surface area (Å²) in [5.74, 6) is 0.250. The molecule has 0 N–H and O–H groups in total. The molecule has 0 saturated carbocycles. The number of methoxy groups -OCH3 is 1. The molecule has 1 aromatic heterocycles. The number of thiophene rings is 1. The first kappa shape index (κ1) is 19.6. The van der Waals surface area contributed by atoms with Crippen LogP contribution < -0.4 is 4.74 Å². The van der Waals surface area contributed by atoms with E-state index in [1.54, 1.807) is 54.2 Å². The van der Waals surface area contributed by atoms with Crippen molar-refractivity contribution in [2.75, 3.05) is 20.2 Å². The average molecular weight is 428 g/mol. The average Bonchev–Trinajstić information content (AvgIpc) is 3.43. The van der Waals surface area contributed by atoms with Gasteiger partial charge >= 0.3 is 11.9 Å². The third kappa shape index (κ3) is 3.90. The molecule has 6 nitrogen and oxygen atoms in total. The van der Waals surface area contributed by atoms with Gasteiger partial charge in [-0.05, 0) is 47.2 Å². The van der Waals surface area contributed by atoms with Gasteiger partial charge in [-0.1, -0.05) is 6.07 Å². The molecule has 3 heterocycles. The molecule has 8 heteroatoms. The molecule has 4 rings (SSSR count). The Kier molecular flexibility index (Phi) is 5.64. The number of ether oxygens (including phenoxy) is 1. The minimum atomic E-state index is -0.472. The van der Waals surface area contributed by atoms with Crippen LogP contribution in [0.1, 0.15) is 15.2 Å². The number of fused-ring (bicyclic) bond motifs is 1. The van der Waals surface area contributed by atoms with E-state index in [0.29, 0.717) is 30.0 Å². The monoisotopic (exact) mass is 427 g/mol. The maximum Gasteiger partial charge on any atom is 0.501 e. The van der Waals surface area contributed by atoms with Gasteiger partial charge < -0.3 is 4.74 Å². The second-order valence-corrected chi connectivity index (χ2v) is 8.63. The van der Waals surface area contributed by atoms with Crippen molar-refractivity contribution in [2.24, 2.45) is 0 Å². The molecule has 1 unspecified atom stereocenters. The Bertz CT molecular complexity index is 1010. The molecule has 0 saturated heterocycles. The van der Waals surface area contributed by atoms with Crippen molar-refractivity contribution in [3.8, 4) is 5.75 Å². The number of hydrogen-bond acceptors (Lipinski definition) is 6. The normalized spacial score (nSPS) is 18.4. The van der Waals surface area contributed by atoms with Crippen LogP contribution in [0.2, 0.25) is 0 Å². The molecular weight excluding hydrogens is 408 g/mol. The molecule has 2 aliphatic rings. The van der Waals surface area contributed by atoms with E-state index in [0.717, 1.165) is 4.88 Å². The zero-order valence-electron chi connectivity index (χ0n) is 15.7. The van der Waals surface area contributed by atoms with E-state index in [1.807, 2.05) is 17.5 Å². The highest BCUT2D eigenvalue weighted by molar-refractivity contribution is 8.04. The molecule has 0 spiro atoms. The van der Waals surface area contributed by atoms with Gasteiger partial charge in [-0.15, -0.1) is 23.1 Å². The lowest BCUT2D eigenvalue weighted by atomic mass is 10.1. The van der Waals surface area contributed by atoms with E-state index >= 15 is 0 Å². The molecule has 0 fully saturated rings. The molecule has 0 aliphatic carbocycles. The zero-order chi connectivity index (χ0) is 20.4. The van der Waals surface area contributed by atoms with Gasteiger partial charge in [0.05, 0.1) is 7.11 Å². The number of hydrogen-bond donors (Lipinski definition) is 0. The number of ketones is 1. The van der Waals surface area contributed by atoms with Gasteiger partial charge in [-0.3, -0.25) is 4.79 Å². The van der Waals surface area contributed by atoms with Crippen molar-refractivity contribution in [2.45, 2.75) is 11.7 Å². The minimum absolute atomic E-state index is 0.106. The number of urea groups is 1. The fourth-order valence-corrected chi connectivity index (χ4v) is 4.97. The molecular formula is C21H19N2O4S2+. The summed E-state index contributed by atoms with van der Waals surface area (Å²) in [7, 11) is 1.56. The first-order chi connectivity index (χ1) is 14.1. The smallest absolute Gasteiger partial charge is 0.497 e. The summed E-state index contributed by atoms with van der Waals surface area (Å²) in [6, 6.07) is 10.3. The van der Waals surface area contributed by atoms with E-state index < -0.39 is 11.3 Å². The third-order valence-corrected chi connectivity index (χ3v) is 6.81. The minimum Gasteiger partial charge on any atom is -0.497 e. The number of carbonyl (C=O) groups is 3. The number of amides is 3. The Hall–Kier alpha value is -2.71. The molecule has 148 valence electrons. The lowest BCUT2D eigenvalue weighted by Crippen LogP contribution is -2.56. The molecule has 2 aromatic rings. The first-order valence-corrected chi connectivity index (χ1v) is 10.9. The fraction of sp³-hybridized carbons (Fsp3) is 0.238. The number of thioether (sulfide) groups is 1. The van der Waals surface area contributed by atoms with Crippen LogP contribution in [0.15, 0.2) is 53.3 Å². The van der Waals surface area contributed by atoms with Gasteiger partial charge in [0.2, 0.25) is 5.78 Å². The van der Waals surface area contributed by atoms with Crippen LogP contribution in [0.25, 0.3) is 0 Å². The predicted octanol–water partition coefficient (Wildman–Crippen LogP) is 3.23. The molecule has 3 amide bonds. The number of Topliss-reactive ketones (excluding diaryl/α,β-unsaturated/α-hetero) is 1. The SMILES string of the molecule is COc1ccc(C(=O)C[N+]2=C3C=CSC3C(=O)N(CCc3cccs3)C2=O)cc1. The van der Waals surface area contributed by atoms with Crippen molar-refractivity contribution in [1.29, 1.82) is 0 Å². The Balaban J connectivity index is 1.56. The highest BCUT2D eigenvalue weighted by atomic mass is 32.2. The Labute approximate surface area is 176 Å². The summed E-state index contributed by atoms with van der Waals surface area (Å²) >= 11 is 2.96. The van der Waals surface area contributed by atoms with Crippen molar-refractivity contribution in [3.63, 3.8) is 0 Å². The van der Waals surface area contributed by atoms with E-state index in [9.17, 15) is 14.4 Å². The van der Waals surface area contributed by atoms with Crippen LogP contribution in [-0.2, 0) is 11.2 Å². The summed E-state index contributed by atoms with van der Waals surface area (Å²) in [4.78, 5) is 41.1. The Morgan fingerprint density at radius 1 is 1.21 bits per heavy atom. The molecule has 1 atom stereocenters. The van der Waals surface area contributed by atoms with Crippen LogP contribution in [0.4, 0.5) is 4.79 Å². The third-order valence-electron chi connectivity index (χ3n) is 4.86. The highest BCUT2D eigenvalue weighted by Gasteiger charge is 2.49. The fourth-order valence-electron chi connectivity index (χ4n) is 3.31. The molecule has 1 aromatic carbocycles. The van der Waals surface area contributed by atoms with Gasteiger partial charge in [-0.2, -0.15) is 14.3 Å². The van der Waals surface area contributed by atoms with Crippen molar-refractivity contribution >= 4 is 46.5 Å². The summed E-state index contributed by atoms with van der Waals surface area (Å²) in [5.41, 5.74) is 1.08. The van der Waals surface area contributed by atoms with E-state index in [-0.39, 0.29) is 18.2 Å². The summed E-state index contributed by atoms with van der Waals surface area (Å²) in [6.07, 6.45) is 2.36. The zero-order valence-corrected chi connectivity index (χ0v) is 17.4. The molecule has 0 bridgehead atoms. The maximum absolute atomic E-state index is 13.1. The van der Waals surface area contributed by atoms with E-state index in [4.69, 9.17) is 4.74 Å². The molecule has 29 heavy (non-hydrogen) atoms. The van der Waals surface area contributed by atoms with Gasteiger partial charge in [0, 0.05) is 16.9 Å². The number of rotatable bonds is 7. The van der Waals surface area contributed by atoms with Crippen LogP contribution >= 0.6 is 23.1 Å². The predicted molar refractivity (Wildman–Crippen MR) is 113 cm³/mol. The van der Waals surface area contributed by atoms with Gasteiger partial charge in [-0.25, -0.2) is 4.79 Å². The number of imide groups is 1. The molecule has 0 radical (unpaired) electrons. The van der Waals surface area contributed by atoms with Crippen molar-refractivity contribution in [3.05, 3.63) is 63.7 Å². The first-order valence-electron chi connectivity index (χ1n) is 9.10. The summed E-state index contributed by atoms with van der Waals surface area (Å²) < 4.78 is 6.56. The van der Waals surface area contributed by atoms with Gasteiger partial charge in [0.1, 0.15) is 18.0 Å². The topological polar surface area (TPSA) is 66.7 Å². The summed E-state index contributed by atoms with van der Waals surface area (Å²) in [6.45, 7) is 0.195. The Morgan fingerprint density at radius 3 is 2.69 bits per heavy atom. The maximum atomic E-state index is 13.1. The van der Waals surface area contributed by atoms with E-state index in [1.165, 1.54) is 21.2 Å². The standard InChI is InChI=1S/C21H19N2O4S2/c1-27-15-6-4-14(5-7-15)18(24)13-23-17-9-12-29-19(17)20(25)22(21(23)26)10-8-16-3-2-11-28-16/h2-7,9,11-12,19H,8,10,13H2,1H3/q+1. The van der Waals surface area contributed by atoms with Gasteiger partial charge in [0.25, 0.3) is 0 Å². The van der Waals surface area contributed by atoms with Crippen LogP contribution in [0.5, 0.6) is 5.75 Å². The lowest BCUT2D eigenvalue weighted by Gasteiger charge is -2.24. The number of nitrogens with zero attached hydrogens (tertiary/aromatic N) is 2. The van der Waals surface area contributed by atoms with Crippen molar-refractivity contribution in [1.82, 2.24) is 4.90 Å². The van der Waals surface area contributed by atoms with Gasteiger partial charge in [0.15, 0.2) is 11.8 Å². The quantitative estimate of drug-likeness (QED) is 0.501. The number of carbonyl (C=O) groups excluding carboxylic acids is 3. The largest absolute Gasteiger partial charge is 0.501 e. The van der Waals surface area contributed by atoms with Crippen LogP contribution in [0, 0.1) is 0 Å². The lowest BCUT2D eigenvalue weighted by molar-refractivity contribution is -0.423. The molecule has 2 aliphatic heterocycles. The summed E-state index contributed by atoms with van der Waals surface area (Å²) in [5, 5.41) is 3.30. The number of allylic oxidation sites excluding steroid dienone is 1. The van der Waals surface area contributed by atoms with E-state index in [2.05, 4.69) is 0 Å². The Morgan fingerprint density at radius 2 is 2.00 bits per heavy atom. The van der Waals surface area contributed by atoms with Crippen molar-refractivity contribution < 1.29 is 23.7 Å². The second-order valence-electron chi connectivity index (χ2n) is 6.58. The second kappa shape index (κ2) is 8.34. The number of benzene rings is 1. The van der Waals surface area contributed by atoms with Crippen LogP contribution in [-0.4, -0.2) is 58.4 Å².